The highest BCUT2D eigenvalue weighted by molar-refractivity contribution is 5.80. The van der Waals surface area contributed by atoms with E-state index in [0.29, 0.717) is 24.1 Å². The second-order valence-electron chi connectivity index (χ2n) is 6.96. The van der Waals surface area contributed by atoms with Gasteiger partial charge in [-0.05, 0) is 42.0 Å². The van der Waals surface area contributed by atoms with E-state index in [0.717, 1.165) is 16.8 Å². The maximum atomic E-state index is 13.9. The fraction of sp³-hybridized carbons (Fsp3) is 0.190. The van der Waals surface area contributed by atoms with Crippen LogP contribution in [0.5, 0.6) is 0 Å². The third-order valence-electron chi connectivity index (χ3n) is 5.29. The van der Waals surface area contributed by atoms with Crippen LogP contribution in [0.1, 0.15) is 17.7 Å². The molecule has 0 saturated carbocycles. The number of hydrogen-bond acceptors (Lipinski definition) is 3. The van der Waals surface area contributed by atoms with Crippen LogP contribution in [-0.2, 0) is 24.4 Å². The van der Waals surface area contributed by atoms with Crippen LogP contribution in [0.2, 0.25) is 0 Å². The first kappa shape index (κ1) is 16.7. The number of fused-ring (bicyclic) bond motifs is 4. The first-order valence-corrected chi connectivity index (χ1v) is 9.11. The van der Waals surface area contributed by atoms with Gasteiger partial charge in [-0.2, -0.15) is 0 Å². The van der Waals surface area contributed by atoms with Crippen LogP contribution in [-0.4, -0.2) is 24.8 Å². The SMILES string of the molecule is O=C(CCn1c(=O)c2cccn2c2ccc(F)cc21)N1Cc2cccnc2C1. The average molecular weight is 376 g/mol. The molecule has 6 nitrogen and oxygen atoms in total. The number of aryl methyl sites for hydroxylation is 1. The topological polar surface area (TPSA) is 59.6 Å². The Labute approximate surface area is 159 Å². The molecule has 4 heterocycles. The van der Waals surface area contributed by atoms with Crippen LogP contribution >= 0.6 is 0 Å². The molecule has 0 unspecified atom stereocenters. The lowest BCUT2D eigenvalue weighted by Gasteiger charge is -2.17. The van der Waals surface area contributed by atoms with Crippen LogP contribution in [0, 0.1) is 5.82 Å². The molecule has 1 amide bonds. The van der Waals surface area contributed by atoms with Gasteiger partial charge in [0.25, 0.3) is 5.56 Å². The van der Waals surface area contributed by atoms with Gasteiger partial charge in [-0.15, -0.1) is 0 Å². The Morgan fingerprint density at radius 2 is 1.96 bits per heavy atom. The van der Waals surface area contributed by atoms with Gasteiger partial charge in [-0.1, -0.05) is 6.07 Å². The van der Waals surface area contributed by atoms with Crippen molar-refractivity contribution in [2.45, 2.75) is 26.1 Å². The highest BCUT2D eigenvalue weighted by Crippen LogP contribution is 2.21. The van der Waals surface area contributed by atoms with Gasteiger partial charge in [0.15, 0.2) is 0 Å². The summed E-state index contributed by atoms with van der Waals surface area (Å²) in [6.45, 7) is 1.21. The van der Waals surface area contributed by atoms with Crippen molar-refractivity contribution in [1.29, 1.82) is 0 Å². The zero-order chi connectivity index (χ0) is 19.3. The minimum absolute atomic E-state index is 0.0512. The average Bonchev–Trinajstić information content (AvgIpc) is 3.35. The normalized spacial score (nSPS) is 13.4. The van der Waals surface area contributed by atoms with Crippen LogP contribution in [0.25, 0.3) is 16.6 Å². The molecule has 5 rings (SSSR count). The monoisotopic (exact) mass is 376 g/mol. The van der Waals surface area contributed by atoms with E-state index >= 15 is 0 Å². The van der Waals surface area contributed by atoms with E-state index in [9.17, 15) is 14.0 Å². The van der Waals surface area contributed by atoms with Gasteiger partial charge in [0.2, 0.25) is 5.91 Å². The van der Waals surface area contributed by atoms with Gasteiger partial charge in [0.05, 0.1) is 23.3 Å². The lowest BCUT2D eigenvalue weighted by molar-refractivity contribution is -0.132. The maximum Gasteiger partial charge on any atom is 0.275 e. The standard InChI is InChI=1S/C21H17FN4O2/c22-15-5-6-17-19(11-15)26(21(28)18-4-2-9-25(17)18)10-7-20(27)24-12-14-3-1-8-23-16(14)13-24/h1-6,8-9,11H,7,10,12-13H2. The minimum atomic E-state index is -0.417. The number of halogens is 1. The Morgan fingerprint density at radius 1 is 1.07 bits per heavy atom. The number of rotatable bonds is 3. The van der Waals surface area contributed by atoms with Crippen molar-refractivity contribution >= 4 is 22.5 Å². The highest BCUT2D eigenvalue weighted by atomic mass is 19.1. The van der Waals surface area contributed by atoms with Crippen molar-refractivity contribution in [2.24, 2.45) is 0 Å². The molecular formula is C21H17FN4O2. The lowest BCUT2D eigenvalue weighted by atomic mass is 10.2. The molecule has 0 atom stereocenters. The number of amides is 1. The quantitative estimate of drug-likeness (QED) is 0.552. The van der Waals surface area contributed by atoms with Crippen LogP contribution < -0.4 is 5.56 Å². The third kappa shape index (κ3) is 2.58. The van der Waals surface area contributed by atoms with E-state index in [4.69, 9.17) is 0 Å². The fourth-order valence-corrected chi connectivity index (χ4v) is 3.89. The molecular weight excluding hydrogens is 359 g/mol. The summed E-state index contributed by atoms with van der Waals surface area (Å²) in [6, 6.07) is 11.7. The number of carbonyl (C=O) groups excluding carboxylic acids is 1. The fourth-order valence-electron chi connectivity index (χ4n) is 3.89. The van der Waals surface area contributed by atoms with Gasteiger partial charge in [0, 0.05) is 31.9 Å². The number of benzene rings is 1. The maximum absolute atomic E-state index is 13.9. The predicted molar refractivity (Wildman–Crippen MR) is 102 cm³/mol. The molecule has 0 fully saturated rings. The summed E-state index contributed by atoms with van der Waals surface area (Å²) in [4.78, 5) is 31.7. The molecule has 4 aromatic rings. The zero-order valence-electron chi connectivity index (χ0n) is 15.0. The smallest absolute Gasteiger partial charge is 0.275 e. The summed E-state index contributed by atoms with van der Waals surface area (Å²) < 4.78 is 17.1. The third-order valence-corrected chi connectivity index (χ3v) is 5.29. The zero-order valence-corrected chi connectivity index (χ0v) is 15.0. The van der Waals surface area contributed by atoms with E-state index in [2.05, 4.69) is 4.98 Å². The first-order valence-electron chi connectivity index (χ1n) is 9.11. The second kappa shape index (κ2) is 6.30. The minimum Gasteiger partial charge on any atom is -0.332 e. The van der Waals surface area contributed by atoms with E-state index in [1.165, 1.54) is 16.7 Å². The summed E-state index contributed by atoms with van der Waals surface area (Å²) >= 11 is 0. The van der Waals surface area contributed by atoms with E-state index in [1.807, 2.05) is 12.1 Å². The Morgan fingerprint density at radius 3 is 2.82 bits per heavy atom. The van der Waals surface area contributed by atoms with Gasteiger partial charge in [-0.3, -0.25) is 14.6 Å². The van der Waals surface area contributed by atoms with Crippen molar-refractivity contribution in [3.8, 4) is 0 Å². The lowest BCUT2D eigenvalue weighted by Crippen LogP contribution is -2.29. The number of nitrogens with zero attached hydrogens (tertiary/aromatic N) is 4. The molecule has 28 heavy (non-hydrogen) atoms. The largest absolute Gasteiger partial charge is 0.332 e. The van der Waals surface area contributed by atoms with Crippen molar-refractivity contribution in [1.82, 2.24) is 18.9 Å². The van der Waals surface area contributed by atoms with E-state index in [1.54, 1.807) is 39.9 Å². The van der Waals surface area contributed by atoms with Crippen molar-refractivity contribution in [2.75, 3.05) is 0 Å². The van der Waals surface area contributed by atoms with Crippen LogP contribution in [0.3, 0.4) is 0 Å². The number of aromatic nitrogens is 3. The van der Waals surface area contributed by atoms with Gasteiger partial charge < -0.3 is 13.9 Å². The Kier molecular flexibility index (Phi) is 3.75. The van der Waals surface area contributed by atoms with E-state index in [-0.39, 0.29) is 24.4 Å². The summed E-state index contributed by atoms with van der Waals surface area (Å²) in [5.74, 6) is -0.468. The molecule has 0 spiro atoms. The van der Waals surface area contributed by atoms with Gasteiger partial charge >= 0.3 is 0 Å². The molecule has 1 aliphatic rings. The molecule has 140 valence electrons. The molecule has 3 aromatic heterocycles. The molecule has 0 N–H and O–H groups in total. The Bertz CT molecular complexity index is 1270. The Balaban J connectivity index is 1.46. The molecule has 1 aliphatic heterocycles. The first-order chi connectivity index (χ1) is 13.6. The van der Waals surface area contributed by atoms with Crippen LogP contribution in [0.15, 0.2) is 59.7 Å². The summed E-state index contributed by atoms with van der Waals surface area (Å²) in [6.07, 6.45) is 3.66. The van der Waals surface area contributed by atoms with Crippen molar-refractivity contribution < 1.29 is 9.18 Å². The number of hydrogen-bond donors (Lipinski definition) is 0. The van der Waals surface area contributed by atoms with Crippen molar-refractivity contribution in [3.63, 3.8) is 0 Å². The summed E-state index contributed by atoms with van der Waals surface area (Å²) in [5.41, 5.74) is 3.44. The summed E-state index contributed by atoms with van der Waals surface area (Å²) in [5, 5.41) is 0. The molecule has 0 aliphatic carbocycles. The van der Waals surface area contributed by atoms with Crippen LogP contribution in [0.4, 0.5) is 4.39 Å². The summed E-state index contributed by atoms with van der Waals surface area (Å²) in [7, 11) is 0. The molecule has 0 radical (unpaired) electrons. The van der Waals surface area contributed by atoms with Crippen molar-refractivity contribution in [3.05, 3.63) is 82.3 Å². The van der Waals surface area contributed by atoms with Gasteiger partial charge in [0.1, 0.15) is 11.3 Å². The predicted octanol–water partition coefficient (Wildman–Crippen LogP) is 2.72. The number of pyridine rings is 1. The Hall–Kier alpha value is -3.48. The second-order valence-corrected chi connectivity index (χ2v) is 6.96. The van der Waals surface area contributed by atoms with E-state index < -0.39 is 5.82 Å². The molecule has 0 saturated heterocycles. The molecule has 1 aromatic carbocycles. The molecule has 7 heteroatoms. The number of carbonyl (C=O) groups is 1. The molecule has 0 bridgehead atoms. The van der Waals surface area contributed by atoms with Gasteiger partial charge in [-0.25, -0.2) is 4.39 Å². The highest BCUT2D eigenvalue weighted by Gasteiger charge is 2.24.